The van der Waals surface area contributed by atoms with Crippen molar-refractivity contribution in [2.45, 2.75) is 6.61 Å². The Morgan fingerprint density at radius 2 is 1.86 bits per heavy atom. The van der Waals surface area contributed by atoms with Gasteiger partial charge >= 0.3 is 0 Å². The second-order valence-corrected chi connectivity index (χ2v) is 4.48. The first-order valence-corrected chi connectivity index (χ1v) is 6.87. The molecule has 0 aliphatic heterocycles. The molecular weight excluding hydrogens is 280 g/mol. The fourth-order valence-corrected chi connectivity index (χ4v) is 1.75. The number of nitrogens with one attached hydrogen (secondary N) is 1. The molecule has 0 unspecified atom stereocenters. The minimum Gasteiger partial charge on any atom is -0.497 e. The minimum atomic E-state index is -0.276. The van der Waals surface area contributed by atoms with Crippen molar-refractivity contribution in [1.29, 1.82) is 0 Å². The molecule has 0 heterocycles. The summed E-state index contributed by atoms with van der Waals surface area (Å²) < 4.78 is 10.5. The fourth-order valence-electron chi connectivity index (χ4n) is 1.75. The predicted octanol–water partition coefficient (Wildman–Crippen LogP) is 2.63. The van der Waals surface area contributed by atoms with E-state index in [1.54, 1.807) is 31.4 Å². The first kappa shape index (κ1) is 15.7. The molecule has 5 heteroatoms. The van der Waals surface area contributed by atoms with Gasteiger partial charge in [-0.15, -0.1) is 0 Å². The third kappa shape index (κ3) is 5.03. The van der Waals surface area contributed by atoms with Crippen LogP contribution in [0.25, 0.3) is 0 Å². The van der Waals surface area contributed by atoms with Gasteiger partial charge in [-0.25, -0.2) is 5.43 Å². The van der Waals surface area contributed by atoms with Crippen LogP contribution in [0.15, 0.2) is 59.7 Å². The number of hydrogen-bond donors (Lipinski definition) is 1. The van der Waals surface area contributed by atoms with E-state index in [0.29, 0.717) is 24.5 Å². The number of carbonyl (C=O) groups is 1. The standard InChI is InChI=1S/C17H18N2O3/c1-21-16-9-7-15(8-10-16)17(20)19-18-11-12-22-13-14-5-3-2-4-6-14/h2-11H,12-13H2,1H3,(H,19,20)/b18-11+. The van der Waals surface area contributed by atoms with Gasteiger partial charge in [0, 0.05) is 5.56 Å². The average molecular weight is 298 g/mol. The monoisotopic (exact) mass is 298 g/mol. The minimum absolute atomic E-state index is 0.276. The first-order valence-electron chi connectivity index (χ1n) is 6.87. The molecule has 0 fully saturated rings. The molecule has 0 atom stereocenters. The number of benzene rings is 2. The molecule has 0 spiro atoms. The summed E-state index contributed by atoms with van der Waals surface area (Å²) in [6, 6.07) is 16.7. The van der Waals surface area contributed by atoms with Gasteiger partial charge in [-0.3, -0.25) is 4.79 Å². The first-order chi connectivity index (χ1) is 10.8. The second kappa shape index (κ2) is 8.59. The zero-order valence-electron chi connectivity index (χ0n) is 12.4. The van der Waals surface area contributed by atoms with Crippen LogP contribution in [0.2, 0.25) is 0 Å². The van der Waals surface area contributed by atoms with Crippen LogP contribution in [0.1, 0.15) is 15.9 Å². The Morgan fingerprint density at radius 1 is 1.14 bits per heavy atom. The normalized spacial score (nSPS) is 10.6. The highest BCUT2D eigenvalue weighted by atomic mass is 16.5. The van der Waals surface area contributed by atoms with Crippen LogP contribution in [-0.2, 0) is 11.3 Å². The lowest BCUT2D eigenvalue weighted by atomic mass is 10.2. The van der Waals surface area contributed by atoms with E-state index in [-0.39, 0.29) is 5.91 Å². The Labute approximate surface area is 129 Å². The summed E-state index contributed by atoms with van der Waals surface area (Å²) in [7, 11) is 1.58. The van der Waals surface area contributed by atoms with E-state index in [4.69, 9.17) is 9.47 Å². The van der Waals surface area contributed by atoms with Crippen molar-refractivity contribution >= 4 is 12.1 Å². The highest BCUT2D eigenvalue weighted by molar-refractivity contribution is 5.94. The van der Waals surface area contributed by atoms with E-state index < -0.39 is 0 Å². The van der Waals surface area contributed by atoms with Crippen molar-refractivity contribution in [3.8, 4) is 5.75 Å². The lowest BCUT2D eigenvalue weighted by Crippen LogP contribution is -2.17. The third-order valence-corrected chi connectivity index (χ3v) is 2.91. The van der Waals surface area contributed by atoms with Gasteiger partial charge in [0.25, 0.3) is 5.91 Å². The zero-order valence-corrected chi connectivity index (χ0v) is 12.4. The van der Waals surface area contributed by atoms with Crippen molar-refractivity contribution in [3.63, 3.8) is 0 Å². The molecule has 1 N–H and O–H groups in total. The summed E-state index contributed by atoms with van der Waals surface area (Å²) in [5, 5.41) is 3.84. The van der Waals surface area contributed by atoms with Crippen LogP contribution in [0, 0.1) is 0 Å². The lowest BCUT2D eigenvalue weighted by Gasteiger charge is -2.02. The highest BCUT2D eigenvalue weighted by Crippen LogP contribution is 2.10. The van der Waals surface area contributed by atoms with Gasteiger partial charge in [0.15, 0.2) is 0 Å². The molecule has 22 heavy (non-hydrogen) atoms. The summed E-state index contributed by atoms with van der Waals surface area (Å²) in [6.07, 6.45) is 1.52. The highest BCUT2D eigenvalue weighted by Gasteiger charge is 2.03. The Bertz CT molecular complexity index is 610. The van der Waals surface area contributed by atoms with E-state index >= 15 is 0 Å². The number of carbonyl (C=O) groups excluding carboxylic acids is 1. The summed E-state index contributed by atoms with van der Waals surface area (Å²) >= 11 is 0. The van der Waals surface area contributed by atoms with Crippen molar-refractivity contribution in [1.82, 2.24) is 5.43 Å². The fraction of sp³-hybridized carbons (Fsp3) is 0.176. The molecule has 1 amide bonds. The largest absolute Gasteiger partial charge is 0.497 e. The van der Waals surface area contributed by atoms with E-state index in [2.05, 4.69) is 10.5 Å². The molecule has 0 saturated heterocycles. The number of hydrogen-bond acceptors (Lipinski definition) is 4. The summed E-state index contributed by atoms with van der Waals surface area (Å²) in [5.74, 6) is 0.427. The molecule has 114 valence electrons. The number of ether oxygens (including phenoxy) is 2. The van der Waals surface area contributed by atoms with E-state index in [1.165, 1.54) is 6.21 Å². The molecular formula is C17H18N2O3. The van der Waals surface area contributed by atoms with Gasteiger partial charge in [-0.05, 0) is 29.8 Å². The van der Waals surface area contributed by atoms with Gasteiger partial charge < -0.3 is 9.47 Å². The summed E-state index contributed by atoms with van der Waals surface area (Å²) in [5.41, 5.74) is 4.06. The molecule has 0 aliphatic carbocycles. The molecule has 0 saturated carbocycles. The summed E-state index contributed by atoms with van der Waals surface area (Å²) in [4.78, 5) is 11.8. The van der Waals surface area contributed by atoms with Crippen LogP contribution >= 0.6 is 0 Å². The van der Waals surface area contributed by atoms with Crippen LogP contribution in [-0.4, -0.2) is 25.8 Å². The number of methoxy groups -OCH3 is 1. The molecule has 5 nitrogen and oxygen atoms in total. The second-order valence-electron chi connectivity index (χ2n) is 4.48. The Hall–Kier alpha value is -2.66. The van der Waals surface area contributed by atoms with Crippen molar-refractivity contribution in [2.24, 2.45) is 5.10 Å². The molecule has 0 bridgehead atoms. The average Bonchev–Trinajstić information content (AvgIpc) is 2.58. The van der Waals surface area contributed by atoms with Crippen LogP contribution in [0.5, 0.6) is 5.75 Å². The quantitative estimate of drug-likeness (QED) is 0.485. The third-order valence-electron chi connectivity index (χ3n) is 2.91. The maximum atomic E-state index is 11.8. The molecule has 2 aromatic carbocycles. The molecule has 0 aromatic heterocycles. The van der Waals surface area contributed by atoms with Gasteiger partial charge in [-0.2, -0.15) is 5.10 Å². The number of hydrazone groups is 1. The van der Waals surface area contributed by atoms with E-state index in [0.717, 1.165) is 5.56 Å². The SMILES string of the molecule is COc1ccc(C(=O)N/N=C/COCc2ccccc2)cc1. The summed E-state index contributed by atoms with van der Waals surface area (Å²) in [6.45, 7) is 0.844. The lowest BCUT2D eigenvalue weighted by molar-refractivity contribution is 0.0954. The van der Waals surface area contributed by atoms with Crippen LogP contribution in [0.3, 0.4) is 0 Å². The van der Waals surface area contributed by atoms with E-state index in [9.17, 15) is 4.79 Å². The number of nitrogens with zero attached hydrogens (tertiary/aromatic N) is 1. The Balaban J connectivity index is 1.69. The van der Waals surface area contributed by atoms with Crippen molar-refractivity contribution in [3.05, 3.63) is 65.7 Å². The predicted molar refractivity (Wildman–Crippen MR) is 85.1 cm³/mol. The Kier molecular flexibility index (Phi) is 6.14. The van der Waals surface area contributed by atoms with Crippen molar-refractivity contribution < 1.29 is 14.3 Å². The van der Waals surface area contributed by atoms with E-state index in [1.807, 2.05) is 30.3 Å². The molecule has 2 rings (SSSR count). The van der Waals surface area contributed by atoms with Gasteiger partial charge in [-0.1, -0.05) is 30.3 Å². The van der Waals surface area contributed by atoms with Gasteiger partial charge in [0.1, 0.15) is 5.75 Å². The molecule has 0 aliphatic rings. The van der Waals surface area contributed by atoms with Crippen molar-refractivity contribution in [2.75, 3.05) is 13.7 Å². The molecule has 0 radical (unpaired) electrons. The molecule has 2 aromatic rings. The smallest absolute Gasteiger partial charge is 0.271 e. The Morgan fingerprint density at radius 3 is 2.55 bits per heavy atom. The van der Waals surface area contributed by atoms with Gasteiger partial charge in [0.05, 0.1) is 26.5 Å². The number of rotatable bonds is 7. The topological polar surface area (TPSA) is 59.9 Å². The van der Waals surface area contributed by atoms with Crippen LogP contribution in [0.4, 0.5) is 0 Å². The maximum absolute atomic E-state index is 11.8. The zero-order chi connectivity index (χ0) is 15.6. The maximum Gasteiger partial charge on any atom is 0.271 e. The number of amides is 1. The van der Waals surface area contributed by atoms with Gasteiger partial charge in [0.2, 0.25) is 0 Å². The van der Waals surface area contributed by atoms with Crippen LogP contribution < -0.4 is 10.2 Å².